The highest BCUT2D eigenvalue weighted by atomic mass is 16.5. The van der Waals surface area contributed by atoms with Gasteiger partial charge in [0.15, 0.2) is 0 Å². The van der Waals surface area contributed by atoms with E-state index in [0.29, 0.717) is 17.8 Å². The maximum Gasteiger partial charge on any atom is 0.319 e. The van der Waals surface area contributed by atoms with Crippen LogP contribution in [0.2, 0.25) is 0 Å². The quantitative estimate of drug-likeness (QED) is 0.885. The molecule has 0 saturated carbocycles. The van der Waals surface area contributed by atoms with Crippen molar-refractivity contribution >= 4 is 11.7 Å². The Morgan fingerprint density at radius 3 is 2.35 bits per heavy atom. The summed E-state index contributed by atoms with van der Waals surface area (Å²) >= 11 is 0. The van der Waals surface area contributed by atoms with Crippen molar-refractivity contribution in [3.05, 3.63) is 59.7 Å². The Hall–Kier alpha value is -3.00. The molecule has 0 bridgehead atoms. The molecule has 0 fully saturated rings. The third kappa shape index (κ3) is 5.36. The predicted octanol–water partition coefficient (Wildman–Crippen LogP) is 3.67. The molecule has 5 nitrogen and oxygen atoms in total. The fourth-order valence-electron chi connectivity index (χ4n) is 1.94. The van der Waals surface area contributed by atoms with Crippen LogP contribution < -0.4 is 15.4 Å². The normalized spacial score (nSPS) is 10.0. The summed E-state index contributed by atoms with van der Waals surface area (Å²) in [4.78, 5) is 11.8. The molecule has 23 heavy (non-hydrogen) atoms. The molecule has 118 valence electrons. The zero-order chi connectivity index (χ0) is 16.7. The van der Waals surface area contributed by atoms with Gasteiger partial charge in [0, 0.05) is 12.2 Å². The number of nitrogens with zero attached hydrogens (tertiary/aromatic N) is 1. The molecule has 0 aliphatic heterocycles. The maximum absolute atomic E-state index is 11.8. The number of ether oxygens (including phenoxy) is 1. The third-order valence-corrected chi connectivity index (χ3v) is 3.02. The van der Waals surface area contributed by atoms with Gasteiger partial charge in [0.1, 0.15) is 5.75 Å². The Morgan fingerprint density at radius 1 is 1.13 bits per heavy atom. The highest BCUT2D eigenvalue weighted by molar-refractivity contribution is 5.89. The number of rotatable bonds is 5. The van der Waals surface area contributed by atoms with Gasteiger partial charge in [-0.15, -0.1) is 0 Å². The molecule has 2 aromatic carbocycles. The molecular formula is C18H19N3O2. The lowest BCUT2D eigenvalue weighted by molar-refractivity contribution is 0.242. The first kappa shape index (κ1) is 16.4. The number of hydrogen-bond donors (Lipinski definition) is 2. The Morgan fingerprint density at radius 2 is 1.78 bits per heavy atom. The lowest BCUT2D eigenvalue weighted by Gasteiger charge is -2.11. The van der Waals surface area contributed by atoms with Crippen molar-refractivity contribution in [2.45, 2.75) is 26.5 Å². The number of nitriles is 1. The van der Waals surface area contributed by atoms with E-state index < -0.39 is 0 Å². The summed E-state index contributed by atoms with van der Waals surface area (Å²) in [6.45, 7) is 4.37. The summed E-state index contributed by atoms with van der Waals surface area (Å²) in [6, 6.07) is 16.0. The molecule has 0 aliphatic rings. The summed E-state index contributed by atoms with van der Waals surface area (Å²) < 4.78 is 5.57. The van der Waals surface area contributed by atoms with Gasteiger partial charge < -0.3 is 15.4 Å². The van der Waals surface area contributed by atoms with Gasteiger partial charge in [-0.1, -0.05) is 12.1 Å². The molecule has 0 heterocycles. The van der Waals surface area contributed by atoms with Crippen molar-refractivity contribution in [2.75, 3.05) is 5.32 Å². The van der Waals surface area contributed by atoms with Crippen LogP contribution in [0, 0.1) is 11.3 Å². The second kappa shape index (κ2) is 7.85. The Bertz CT molecular complexity index is 686. The fraction of sp³-hybridized carbons (Fsp3) is 0.222. The van der Waals surface area contributed by atoms with Crippen LogP contribution in [0.4, 0.5) is 10.5 Å². The minimum atomic E-state index is -0.294. The zero-order valence-corrected chi connectivity index (χ0v) is 13.2. The highest BCUT2D eigenvalue weighted by Gasteiger charge is 2.03. The van der Waals surface area contributed by atoms with Gasteiger partial charge >= 0.3 is 6.03 Å². The third-order valence-electron chi connectivity index (χ3n) is 3.02. The van der Waals surface area contributed by atoms with Crippen LogP contribution in [0.5, 0.6) is 5.75 Å². The Kier molecular flexibility index (Phi) is 5.59. The molecule has 0 aromatic heterocycles. The van der Waals surface area contributed by atoms with E-state index >= 15 is 0 Å². The minimum Gasteiger partial charge on any atom is -0.491 e. The monoisotopic (exact) mass is 309 g/mol. The van der Waals surface area contributed by atoms with Crippen molar-refractivity contribution in [3.63, 3.8) is 0 Å². The lowest BCUT2D eigenvalue weighted by atomic mass is 10.2. The first-order valence-corrected chi connectivity index (χ1v) is 7.37. The smallest absolute Gasteiger partial charge is 0.319 e. The van der Waals surface area contributed by atoms with Crippen LogP contribution in [0.1, 0.15) is 25.0 Å². The van der Waals surface area contributed by atoms with E-state index in [0.717, 1.165) is 11.3 Å². The minimum absolute atomic E-state index is 0.136. The molecule has 5 heteroatoms. The molecule has 2 N–H and O–H groups in total. The number of carbonyl (C=O) groups is 1. The average molecular weight is 309 g/mol. The zero-order valence-electron chi connectivity index (χ0n) is 13.2. The van der Waals surface area contributed by atoms with Crippen molar-refractivity contribution in [2.24, 2.45) is 0 Å². The van der Waals surface area contributed by atoms with E-state index in [-0.39, 0.29) is 12.1 Å². The molecule has 2 amide bonds. The van der Waals surface area contributed by atoms with Gasteiger partial charge in [0.2, 0.25) is 0 Å². The van der Waals surface area contributed by atoms with E-state index in [1.807, 2.05) is 44.2 Å². The fourth-order valence-corrected chi connectivity index (χ4v) is 1.94. The van der Waals surface area contributed by atoms with Gasteiger partial charge in [0.25, 0.3) is 0 Å². The maximum atomic E-state index is 11.8. The second-order valence-corrected chi connectivity index (χ2v) is 5.31. The van der Waals surface area contributed by atoms with Gasteiger partial charge in [-0.05, 0) is 55.8 Å². The summed E-state index contributed by atoms with van der Waals surface area (Å²) in [5, 5.41) is 14.2. The van der Waals surface area contributed by atoms with E-state index in [1.165, 1.54) is 0 Å². The van der Waals surface area contributed by atoms with Crippen LogP contribution in [0.3, 0.4) is 0 Å². The number of benzene rings is 2. The van der Waals surface area contributed by atoms with Crippen LogP contribution in [0.15, 0.2) is 48.5 Å². The molecule has 0 aliphatic carbocycles. The number of anilines is 1. The summed E-state index contributed by atoms with van der Waals surface area (Å²) in [5.74, 6) is 0.811. The molecule has 0 radical (unpaired) electrons. The summed E-state index contributed by atoms with van der Waals surface area (Å²) in [5.41, 5.74) is 2.18. The molecule has 0 spiro atoms. The van der Waals surface area contributed by atoms with Crippen LogP contribution in [0.25, 0.3) is 0 Å². The van der Waals surface area contributed by atoms with Crippen molar-refractivity contribution in [1.82, 2.24) is 5.32 Å². The van der Waals surface area contributed by atoms with E-state index in [9.17, 15) is 4.79 Å². The summed E-state index contributed by atoms with van der Waals surface area (Å²) in [6.07, 6.45) is 0.136. The number of urea groups is 1. The van der Waals surface area contributed by atoms with E-state index in [4.69, 9.17) is 10.00 Å². The average Bonchev–Trinajstić information content (AvgIpc) is 2.54. The number of carbonyl (C=O) groups excluding carboxylic acids is 1. The van der Waals surface area contributed by atoms with Crippen LogP contribution in [-0.4, -0.2) is 12.1 Å². The number of amides is 2. The molecule has 2 rings (SSSR count). The van der Waals surface area contributed by atoms with Gasteiger partial charge in [-0.3, -0.25) is 0 Å². The number of nitrogens with one attached hydrogen (secondary N) is 2. The van der Waals surface area contributed by atoms with Gasteiger partial charge in [-0.2, -0.15) is 5.26 Å². The van der Waals surface area contributed by atoms with Gasteiger partial charge in [0.05, 0.1) is 17.7 Å². The van der Waals surface area contributed by atoms with Crippen molar-refractivity contribution in [3.8, 4) is 11.8 Å². The SMILES string of the molecule is CC(C)Oc1ccc(CNC(=O)Nc2ccc(C#N)cc2)cc1. The van der Waals surface area contributed by atoms with Crippen molar-refractivity contribution in [1.29, 1.82) is 5.26 Å². The molecule has 0 unspecified atom stereocenters. The van der Waals surface area contributed by atoms with Crippen LogP contribution >= 0.6 is 0 Å². The largest absolute Gasteiger partial charge is 0.491 e. The molecule has 2 aromatic rings. The van der Waals surface area contributed by atoms with E-state index in [1.54, 1.807) is 24.3 Å². The lowest BCUT2D eigenvalue weighted by Crippen LogP contribution is -2.28. The summed E-state index contributed by atoms with van der Waals surface area (Å²) in [7, 11) is 0. The topological polar surface area (TPSA) is 74.2 Å². The van der Waals surface area contributed by atoms with Crippen LogP contribution in [-0.2, 0) is 6.54 Å². The standard InChI is InChI=1S/C18H19N3O2/c1-13(2)23-17-9-5-15(6-10-17)12-20-18(22)21-16-7-3-14(11-19)4-8-16/h3-10,13H,12H2,1-2H3,(H2,20,21,22). The first-order chi connectivity index (χ1) is 11.1. The Balaban J connectivity index is 1.82. The second-order valence-electron chi connectivity index (χ2n) is 5.31. The highest BCUT2D eigenvalue weighted by Crippen LogP contribution is 2.14. The Labute approximate surface area is 135 Å². The molecule has 0 atom stereocenters. The van der Waals surface area contributed by atoms with E-state index in [2.05, 4.69) is 10.6 Å². The first-order valence-electron chi connectivity index (χ1n) is 7.37. The number of hydrogen-bond acceptors (Lipinski definition) is 3. The van der Waals surface area contributed by atoms with Crippen molar-refractivity contribution < 1.29 is 9.53 Å². The predicted molar refractivity (Wildman–Crippen MR) is 89.2 cm³/mol. The molecule has 0 saturated heterocycles. The molecular weight excluding hydrogens is 290 g/mol. The van der Waals surface area contributed by atoms with Gasteiger partial charge in [-0.25, -0.2) is 4.79 Å².